The van der Waals surface area contributed by atoms with Gasteiger partial charge in [0.05, 0.1) is 11.6 Å². The molecule has 0 saturated heterocycles. The summed E-state index contributed by atoms with van der Waals surface area (Å²) in [7, 11) is 0. The van der Waals surface area contributed by atoms with Crippen molar-refractivity contribution >= 4 is 11.0 Å². The Morgan fingerprint density at radius 2 is 1.11 bits per heavy atom. The quantitative estimate of drug-likeness (QED) is 0.437. The summed E-state index contributed by atoms with van der Waals surface area (Å²) in [5.74, 6) is 0. The highest BCUT2D eigenvalue weighted by molar-refractivity contribution is 5.74. The maximum absolute atomic E-state index is 4.81. The van der Waals surface area contributed by atoms with Crippen LogP contribution in [0.5, 0.6) is 0 Å². The second-order valence-corrected chi connectivity index (χ2v) is 6.67. The first-order valence-corrected chi connectivity index (χ1v) is 9.21. The minimum Gasteiger partial charge on any atom is -0.244 e. The summed E-state index contributed by atoms with van der Waals surface area (Å²) >= 11 is 0. The van der Waals surface area contributed by atoms with Crippen LogP contribution in [0.2, 0.25) is 0 Å². The fraction of sp³-hybridized carbons (Fsp3) is 0.0417. The second-order valence-electron chi connectivity index (χ2n) is 6.67. The Balaban J connectivity index is 1.96. The second kappa shape index (κ2) is 6.74. The molecule has 5 rings (SSSR count). The van der Waals surface area contributed by atoms with Gasteiger partial charge in [0.25, 0.3) is 0 Å². The Hall–Kier alpha value is -3.79. The van der Waals surface area contributed by atoms with Crippen LogP contribution >= 0.6 is 0 Å². The van der Waals surface area contributed by atoms with Crippen LogP contribution in [0.4, 0.5) is 0 Å². The zero-order valence-electron chi connectivity index (χ0n) is 15.2. The molecule has 2 aromatic heterocycles. The molecule has 3 aromatic carbocycles. The van der Waals surface area contributed by atoms with E-state index in [9.17, 15) is 0 Å². The van der Waals surface area contributed by atoms with Crippen LogP contribution in [0.1, 0.15) is 16.7 Å². The summed E-state index contributed by atoms with van der Waals surface area (Å²) < 4.78 is 2.02. The monoisotopic (exact) mass is 362 g/mol. The number of rotatable bonds is 4. The lowest BCUT2D eigenvalue weighted by atomic mass is 9.77. The molecule has 28 heavy (non-hydrogen) atoms. The predicted octanol–water partition coefficient (Wildman–Crippen LogP) is 4.67. The zero-order chi connectivity index (χ0) is 18.8. The molecule has 2 heterocycles. The molecule has 0 fully saturated rings. The molecule has 0 saturated carbocycles. The third kappa shape index (κ3) is 2.42. The van der Waals surface area contributed by atoms with Gasteiger partial charge in [-0.3, -0.25) is 0 Å². The molecule has 0 atom stereocenters. The number of fused-ring (bicyclic) bond motifs is 1. The maximum atomic E-state index is 4.81. The van der Waals surface area contributed by atoms with Crippen molar-refractivity contribution in [1.29, 1.82) is 0 Å². The topological polar surface area (TPSA) is 43.6 Å². The van der Waals surface area contributed by atoms with E-state index in [0.717, 1.165) is 27.7 Å². The number of nitrogens with zero attached hydrogens (tertiary/aromatic N) is 4. The highest BCUT2D eigenvalue weighted by atomic mass is 15.3. The van der Waals surface area contributed by atoms with E-state index in [0.29, 0.717) is 0 Å². The van der Waals surface area contributed by atoms with Crippen LogP contribution in [0.25, 0.3) is 11.0 Å². The first-order chi connectivity index (χ1) is 13.9. The average molecular weight is 362 g/mol. The SMILES string of the molecule is c1ccc(C(c2ccccc2)(c2ccccc2)n2ncc3cncnc32)cc1. The lowest BCUT2D eigenvalue weighted by Gasteiger charge is -2.36. The minimum absolute atomic E-state index is 0.653. The van der Waals surface area contributed by atoms with Gasteiger partial charge in [-0.25, -0.2) is 14.6 Å². The van der Waals surface area contributed by atoms with Crippen LogP contribution < -0.4 is 0 Å². The predicted molar refractivity (Wildman–Crippen MR) is 110 cm³/mol. The van der Waals surface area contributed by atoms with Crippen molar-refractivity contribution in [3.05, 3.63) is 126 Å². The van der Waals surface area contributed by atoms with E-state index < -0.39 is 5.54 Å². The van der Waals surface area contributed by atoms with E-state index in [4.69, 9.17) is 5.10 Å². The minimum atomic E-state index is -0.653. The first-order valence-electron chi connectivity index (χ1n) is 9.21. The first kappa shape index (κ1) is 16.4. The van der Waals surface area contributed by atoms with E-state index in [1.165, 1.54) is 0 Å². The third-order valence-electron chi connectivity index (χ3n) is 5.12. The molecule has 0 radical (unpaired) electrons. The van der Waals surface area contributed by atoms with E-state index in [1.54, 1.807) is 12.5 Å². The standard InChI is InChI=1S/C24H18N4/c1-4-10-20(11-5-1)24(21-12-6-2-7-13-21,22-14-8-3-9-15-22)28-23-19(17-27-28)16-25-18-26-23/h1-18H. The van der Waals surface area contributed by atoms with Crippen LogP contribution in [-0.4, -0.2) is 19.7 Å². The largest absolute Gasteiger partial charge is 0.244 e. The third-order valence-corrected chi connectivity index (χ3v) is 5.12. The average Bonchev–Trinajstić information content (AvgIpc) is 3.21. The van der Waals surface area contributed by atoms with E-state index >= 15 is 0 Å². The number of benzene rings is 3. The van der Waals surface area contributed by atoms with Crippen LogP contribution in [0.15, 0.2) is 110 Å². The lowest BCUT2D eigenvalue weighted by Crippen LogP contribution is -2.38. The van der Waals surface area contributed by atoms with Gasteiger partial charge in [0, 0.05) is 6.20 Å². The molecule has 0 unspecified atom stereocenters. The van der Waals surface area contributed by atoms with Gasteiger partial charge in [-0.2, -0.15) is 5.10 Å². The summed E-state index contributed by atoms with van der Waals surface area (Å²) in [6, 6.07) is 31.4. The Morgan fingerprint density at radius 1 is 0.607 bits per heavy atom. The molecule has 4 heteroatoms. The fourth-order valence-corrected chi connectivity index (χ4v) is 3.93. The Bertz CT molecular complexity index is 1100. The van der Waals surface area contributed by atoms with Crippen LogP contribution in [0.3, 0.4) is 0 Å². The van der Waals surface area contributed by atoms with E-state index in [1.807, 2.05) is 29.1 Å². The van der Waals surface area contributed by atoms with Crippen LogP contribution in [-0.2, 0) is 5.54 Å². The Labute approximate surface area is 163 Å². The van der Waals surface area contributed by atoms with Crippen LogP contribution in [0, 0.1) is 0 Å². The maximum Gasteiger partial charge on any atom is 0.162 e. The van der Waals surface area contributed by atoms with Gasteiger partial charge < -0.3 is 0 Å². The van der Waals surface area contributed by atoms with Gasteiger partial charge in [-0.1, -0.05) is 91.0 Å². The molecule has 0 N–H and O–H groups in total. The molecule has 0 aliphatic rings. The van der Waals surface area contributed by atoms with Gasteiger partial charge in [-0.05, 0) is 16.7 Å². The zero-order valence-corrected chi connectivity index (χ0v) is 15.2. The molecule has 0 bridgehead atoms. The van der Waals surface area contributed by atoms with Crippen molar-refractivity contribution < 1.29 is 0 Å². The molecule has 0 amide bonds. The molecule has 4 nitrogen and oxygen atoms in total. The number of hydrogen-bond donors (Lipinski definition) is 0. The lowest BCUT2D eigenvalue weighted by molar-refractivity contribution is 0.472. The van der Waals surface area contributed by atoms with Gasteiger partial charge in [0.2, 0.25) is 0 Å². The molecule has 5 aromatic rings. The van der Waals surface area contributed by atoms with Gasteiger partial charge in [0.1, 0.15) is 11.9 Å². The number of hydrogen-bond acceptors (Lipinski definition) is 3. The molecule has 0 aliphatic heterocycles. The molecule has 134 valence electrons. The summed E-state index contributed by atoms with van der Waals surface area (Å²) in [5, 5.41) is 5.72. The molecule has 0 aliphatic carbocycles. The van der Waals surface area contributed by atoms with Crippen molar-refractivity contribution in [1.82, 2.24) is 19.7 Å². The Kier molecular flexibility index (Phi) is 3.95. The normalized spacial score (nSPS) is 11.6. The van der Waals surface area contributed by atoms with Gasteiger partial charge in [0.15, 0.2) is 5.65 Å². The van der Waals surface area contributed by atoms with E-state index in [2.05, 4.69) is 82.8 Å². The summed E-state index contributed by atoms with van der Waals surface area (Å²) in [4.78, 5) is 8.74. The van der Waals surface area contributed by atoms with Gasteiger partial charge >= 0.3 is 0 Å². The van der Waals surface area contributed by atoms with Crippen molar-refractivity contribution in [3.8, 4) is 0 Å². The molecular weight excluding hydrogens is 344 g/mol. The van der Waals surface area contributed by atoms with Crippen molar-refractivity contribution in [3.63, 3.8) is 0 Å². The van der Waals surface area contributed by atoms with E-state index in [-0.39, 0.29) is 0 Å². The summed E-state index contributed by atoms with van der Waals surface area (Å²) in [6.45, 7) is 0. The van der Waals surface area contributed by atoms with Crippen molar-refractivity contribution in [2.24, 2.45) is 0 Å². The van der Waals surface area contributed by atoms with Crippen molar-refractivity contribution in [2.75, 3.05) is 0 Å². The molecule has 0 spiro atoms. The smallest absolute Gasteiger partial charge is 0.162 e. The number of aromatic nitrogens is 4. The molecular formula is C24H18N4. The summed E-state index contributed by atoms with van der Waals surface area (Å²) in [6.07, 6.45) is 5.21. The van der Waals surface area contributed by atoms with Gasteiger partial charge in [-0.15, -0.1) is 0 Å². The highest BCUT2D eigenvalue weighted by Crippen LogP contribution is 2.41. The highest BCUT2D eigenvalue weighted by Gasteiger charge is 2.40. The van der Waals surface area contributed by atoms with Crippen molar-refractivity contribution in [2.45, 2.75) is 5.54 Å². The summed E-state index contributed by atoms with van der Waals surface area (Å²) in [5.41, 5.74) is 3.51. The fourth-order valence-electron chi connectivity index (χ4n) is 3.93. The Morgan fingerprint density at radius 3 is 1.61 bits per heavy atom.